The Balaban J connectivity index is 1.98. The first kappa shape index (κ1) is 13.1. The fourth-order valence-corrected chi connectivity index (χ4v) is 3.87. The van der Waals surface area contributed by atoms with Crippen LogP contribution in [0.25, 0.3) is 20.3 Å². The van der Waals surface area contributed by atoms with Gasteiger partial charge < -0.3 is 0 Å². The standard InChI is InChI=1S/C14H9Cl2NS2/c1-8-2-5-12(18-8)13-7-17-14(19-13)9-3-4-10(15)11(16)6-9/h2-7H,1H3. The molecule has 3 rings (SSSR count). The van der Waals surface area contributed by atoms with E-state index in [9.17, 15) is 0 Å². The second-order valence-electron chi connectivity index (χ2n) is 4.07. The number of hydrogen-bond acceptors (Lipinski definition) is 3. The van der Waals surface area contributed by atoms with Crippen LogP contribution in [-0.2, 0) is 0 Å². The van der Waals surface area contributed by atoms with Gasteiger partial charge in [0.25, 0.3) is 0 Å². The predicted molar refractivity (Wildman–Crippen MR) is 85.6 cm³/mol. The summed E-state index contributed by atoms with van der Waals surface area (Å²) in [6.07, 6.45) is 1.91. The predicted octanol–water partition coefficient (Wildman–Crippen LogP) is 6.15. The van der Waals surface area contributed by atoms with Crippen molar-refractivity contribution in [2.24, 2.45) is 0 Å². The first-order valence-corrected chi connectivity index (χ1v) is 8.00. The minimum absolute atomic E-state index is 0.558. The Hall–Kier alpha value is -0.870. The lowest BCUT2D eigenvalue weighted by molar-refractivity contribution is 1.41. The summed E-state index contributed by atoms with van der Waals surface area (Å²) in [5.41, 5.74) is 0.999. The lowest BCUT2D eigenvalue weighted by Gasteiger charge is -1.98. The number of rotatable bonds is 2. The Morgan fingerprint density at radius 1 is 0.947 bits per heavy atom. The summed E-state index contributed by atoms with van der Waals surface area (Å²) in [5.74, 6) is 0. The number of benzene rings is 1. The SMILES string of the molecule is Cc1ccc(-c2cnc(-c3ccc(Cl)c(Cl)c3)s2)s1. The minimum atomic E-state index is 0.558. The Labute approximate surface area is 129 Å². The molecule has 0 saturated carbocycles. The molecular formula is C14H9Cl2NS2. The van der Waals surface area contributed by atoms with Gasteiger partial charge in [0.05, 0.1) is 14.9 Å². The van der Waals surface area contributed by atoms with Crippen molar-refractivity contribution in [1.29, 1.82) is 0 Å². The number of halogens is 2. The Bertz CT molecular complexity index is 731. The van der Waals surface area contributed by atoms with E-state index >= 15 is 0 Å². The van der Waals surface area contributed by atoms with E-state index in [2.05, 4.69) is 24.0 Å². The maximum Gasteiger partial charge on any atom is 0.123 e. The topological polar surface area (TPSA) is 12.9 Å². The van der Waals surface area contributed by atoms with Crippen molar-refractivity contribution in [2.75, 3.05) is 0 Å². The van der Waals surface area contributed by atoms with Crippen LogP contribution >= 0.6 is 45.9 Å². The van der Waals surface area contributed by atoms with Gasteiger partial charge in [-0.15, -0.1) is 22.7 Å². The summed E-state index contributed by atoms with van der Waals surface area (Å²) < 4.78 is 0. The number of nitrogens with zero attached hydrogens (tertiary/aromatic N) is 1. The molecule has 0 aliphatic heterocycles. The molecule has 0 fully saturated rings. The fraction of sp³-hybridized carbons (Fsp3) is 0.0714. The van der Waals surface area contributed by atoms with Gasteiger partial charge in [-0.3, -0.25) is 0 Å². The van der Waals surface area contributed by atoms with Crippen molar-refractivity contribution in [2.45, 2.75) is 6.92 Å². The summed E-state index contributed by atoms with van der Waals surface area (Å²) in [6.45, 7) is 2.11. The van der Waals surface area contributed by atoms with Gasteiger partial charge in [0.15, 0.2) is 0 Å². The van der Waals surface area contributed by atoms with Crippen molar-refractivity contribution >= 4 is 45.9 Å². The van der Waals surface area contributed by atoms with E-state index in [0.29, 0.717) is 10.0 Å². The van der Waals surface area contributed by atoms with Crippen molar-refractivity contribution in [1.82, 2.24) is 4.98 Å². The summed E-state index contributed by atoms with van der Waals surface area (Å²) >= 11 is 15.4. The lowest BCUT2D eigenvalue weighted by atomic mass is 10.2. The normalized spacial score (nSPS) is 10.9. The molecule has 0 saturated heterocycles. The molecule has 2 aromatic heterocycles. The van der Waals surface area contributed by atoms with Gasteiger partial charge in [0.2, 0.25) is 0 Å². The molecule has 0 bridgehead atoms. The zero-order valence-corrected chi connectivity index (χ0v) is 13.1. The average molecular weight is 326 g/mol. The monoisotopic (exact) mass is 325 g/mol. The highest BCUT2D eigenvalue weighted by Crippen LogP contribution is 2.37. The summed E-state index contributed by atoms with van der Waals surface area (Å²) in [5, 5.41) is 2.08. The molecule has 3 aromatic rings. The molecule has 0 unspecified atom stereocenters. The number of aryl methyl sites for hydroxylation is 1. The van der Waals surface area contributed by atoms with E-state index in [1.165, 1.54) is 14.6 Å². The molecule has 2 heterocycles. The highest BCUT2D eigenvalue weighted by atomic mass is 35.5. The maximum atomic E-state index is 6.04. The highest BCUT2D eigenvalue weighted by molar-refractivity contribution is 7.23. The molecule has 96 valence electrons. The molecule has 0 aliphatic carbocycles. The zero-order chi connectivity index (χ0) is 13.4. The van der Waals surface area contributed by atoms with Crippen molar-refractivity contribution in [3.8, 4) is 20.3 Å². The quantitative estimate of drug-likeness (QED) is 0.550. The van der Waals surface area contributed by atoms with E-state index in [0.717, 1.165) is 10.6 Å². The highest BCUT2D eigenvalue weighted by Gasteiger charge is 2.09. The molecule has 0 aliphatic rings. The fourth-order valence-electron chi connectivity index (χ4n) is 1.72. The Morgan fingerprint density at radius 2 is 1.79 bits per heavy atom. The van der Waals surface area contributed by atoms with Gasteiger partial charge in [-0.25, -0.2) is 4.98 Å². The number of aromatic nitrogens is 1. The molecule has 19 heavy (non-hydrogen) atoms. The van der Waals surface area contributed by atoms with Gasteiger partial charge >= 0.3 is 0 Å². The van der Waals surface area contributed by atoms with E-state index < -0.39 is 0 Å². The number of hydrogen-bond donors (Lipinski definition) is 0. The van der Waals surface area contributed by atoms with E-state index in [-0.39, 0.29) is 0 Å². The number of thiazole rings is 1. The summed E-state index contributed by atoms with van der Waals surface area (Å²) in [4.78, 5) is 8.20. The smallest absolute Gasteiger partial charge is 0.123 e. The van der Waals surface area contributed by atoms with Crippen molar-refractivity contribution in [3.05, 3.63) is 51.5 Å². The van der Waals surface area contributed by atoms with Crippen LogP contribution in [0.3, 0.4) is 0 Å². The van der Waals surface area contributed by atoms with Crippen molar-refractivity contribution in [3.63, 3.8) is 0 Å². The molecule has 0 N–H and O–H groups in total. The second-order valence-corrected chi connectivity index (χ2v) is 7.20. The number of thiophene rings is 1. The molecule has 0 atom stereocenters. The van der Waals surface area contributed by atoms with Crippen LogP contribution in [0, 0.1) is 6.92 Å². The third-order valence-electron chi connectivity index (χ3n) is 2.66. The van der Waals surface area contributed by atoms with Crippen LogP contribution in [-0.4, -0.2) is 4.98 Å². The minimum Gasteiger partial charge on any atom is -0.244 e. The van der Waals surface area contributed by atoms with Crippen LogP contribution in [0.15, 0.2) is 36.5 Å². The van der Waals surface area contributed by atoms with Gasteiger partial charge in [-0.1, -0.05) is 29.3 Å². The lowest BCUT2D eigenvalue weighted by Crippen LogP contribution is -1.75. The van der Waals surface area contributed by atoms with Crippen LogP contribution in [0.4, 0.5) is 0 Å². The Kier molecular flexibility index (Phi) is 3.63. The van der Waals surface area contributed by atoms with Crippen LogP contribution in [0.2, 0.25) is 10.0 Å². The van der Waals surface area contributed by atoms with Crippen LogP contribution in [0.5, 0.6) is 0 Å². The summed E-state index contributed by atoms with van der Waals surface area (Å²) in [6, 6.07) is 9.85. The van der Waals surface area contributed by atoms with E-state index in [1.807, 2.05) is 18.3 Å². The second kappa shape index (κ2) is 5.25. The van der Waals surface area contributed by atoms with Gasteiger partial charge in [-0.2, -0.15) is 0 Å². The van der Waals surface area contributed by atoms with Crippen LogP contribution in [0.1, 0.15) is 4.88 Å². The molecule has 0 radical (unpaired) electrons. The van der Waals surface area contributed by atoms with Gasteiger partial charge in [0, 0.05) is 21.5 Å². The average Bonchev–Trinajstić information content (AvgIpc) is 3.01. The van der Waals surface area contributed by atoms with Gasteiger partial charge in [-0.05, 0) is 31.2 Å². The van der Waals surface area contributed by atoms with Gasteiger partial charge in [0.1, 0.15) is 5.01 Å². The van der Waals surface area contributed by atoms with E-state index in [4.69, 9.17) is 23.2 Å². The van der Waals surface area contributed by atoms with Crippen LogP contribution < -0.4 is 0 Å². The molecule has 1 nitrogen and oxygen atoms in total. The largest absolute Gasteiger partial charge is 0.244 e. The Morgan fingerprint density at radius 3 is 2.47 bits per heavy atom. The molecule has 0 spiro atoms. The molecule has 5 heteroatoms. The first-order chi connectivity index (χ1) is 9.13. The maximum absolute atomic E-state index is 6.04. The summed E-state index contributed by atoms with van der Waals surface area (Å²) in [7, 11) is 0. The molecule has 1 aromatic carbocycles. The van der Waals surface area contributed by atoms with E-state index in [1.54, 1.807) is 28.7 Å². The third-order valence-corrected chi connectivity index (χ3v) is 5.64. The zero-order valence-electron chi connectivity index (χ0n) is 9.98. The first-order valence-electron chi connectivity index (χ1n) is 5.61. The third kappa shape index (κ3) is 2.70. The molecule has 0 amide bonds. The molecular weight excluding hydrogens is 317 g/mol. The van der Waals surface area contributed by atoms with Crippen molar-refractivity contribution < 1.29 is 0 Å².